The van der Waals surface area contributed by atoms with Crippen LogP contribution in [0.15, 0.2) is 23.1 Å². The number of nitrogens with zero attached hydrogens (tertiary/aromatic N) is 1. The first kappa shape index (κ1) is 15.8. The third-order valence-corrected chi connectivity index (χ3v) is 4.53. The van der Waals surface area contributed by atoms with Crippen LogP contribution < -0.4 is 5.73 Å². The van der Waals surface area contributed by atoms with E-state index in [1.54, 1.807) is 4.90 Å². The lowest BCUT2D eigenvalue weighted by atomic mass is 9.96. The number of rotatable bonds is 4. The van der Waals surface area contributed by atoms with Crippen molar-refractivity contribution in [2.45, 2.75) is 17.7 Å². The number of piperidine rings is 1. The second-order valence-electron chi connectivity index (χ2n) is 4.92. The summed E-state index contributed by atoms with van der Waals surface area (Å²) in [5, 5.41) is 0. The van der Waals surface area contributed by atoms with Crippen LogP contribution in [0.25, 0.3) is 0 Å². The zero-order chi connectivity index (χ0) is 15.4. The van der Waals surface area contributed by atoms with Gasteiger partial charge in [0.05, 0.1) is 5.75 Å². The Hall–Kier alpha value is -1.63. The highest BCUT2D eigenvalue weighted by Gasteiger charge is 2.25. The van der Waals surface area contributed by atoms with E-state index < -0.39 is 11.6 Å². The van der Waals surface area contributed by atoms with E-state index >= 15 is 0 Å². The quantitative estimate of drug-likeness (QED) is 0.862. The Balaban J connectivity index is 1.84. The van der Waals surface area contributed by atoms with Crippen LogP contribution in [0, 0.1) is 17.6 Å². The van der Waals surface area contributed by atoms with Gasteiger partial charge in [0, 0.05) is 30.0 Å². The number of hydrogen-bond donors (Lipinski definition) is 1. The molecule has 1 aliphatic heterocycles. The molecule has 114 valence electrons. The minimum atomic E-state index is -0.666. The van der Waals surface area contributed by atoms with E-state index in [0.717, 1.165) is 23.9 Å². The van der Waals surface area contributed by atoms with Gasteiger partial charge in [-0.25, -0.2) is 8.78 Å². The molecule has 7 heteroatoms. The van der Waals surface area contributed by atoms with Crippen molar-refractivity contribution in [1.82, 2.24) is 4.90 Å². The third kappa shape index (κ3) is 4.17. The van der Waals surface area contributed by atoms with Crippen LogP contribution in [0.2, 0.25) is 0 Å². The van der Waals surface area contributed by atoms with E-state index in [4.69, 9.17) is 5.73 Å². The average Bonchev–Trinajstić information content (AvgIpc) is 2.46. The summed E-state index contributed by atoms with van der Waals surface area (Å²) < 4.78 is 26.2. The summed E-state index contributed by atoms with van der Waals surface area (Å²) in [7, 11) is 0. The maximum atomic E-state index is 13.4. The van der Waals surface area contributed by atoms with Gasteiger partial charge < -0.3 is 10.6 Å². The number of primary amides is 1. The highest BCUT2D eigenvalue weighted by molar-refractivity contribution is 8.00. The van der Waals surface area contributed by atoms with Gasteiger partial charge in [-0.3, -0.25) is 9.59 Å². The normalized spacial score (nSPS) is 16.0. The fourth-order valence-electron chi connectivity index (χ4n) is 2.24. The van der Waals surface area contributed by atoms with Gasteiger partial charge in [-0.1, -0.05) is 0 Å². The molecule has 1 aliphatic rings. The number of halogens is 2. The molecule has 0 unspecified atom stereocenters. The van der Waals surface area contributed by atoms with Crippen LogP contribution in [0.3, 0.4) is 0 Å². The highest BCUT2D eigenvalue weighted by atomic mass is 32.2. The molecule has 2 amide bonds. The van der Waals surface area contributed by atoms with Gasteiger partial charge in [0.2, 0.25) is 11.8 Å². The fraction of sp³-hybridized carbons (Fsp3) is 0.429. The largest absolute Gasteiger partial charge is 0.369 e. The molecule has 0 bridgehead atoms. The minimum absolute atomic E-state index is 0.0871. The predicted octanol–water partition coefficient (Wildman–Crippen LogP) is 1.78. The first-order valence-electron chi connectivity index (χ1n) is 6.62. The van der Waals surface area contributed by atoms with Crippen LogP contribution >= 0.6 is 11.8 Å². The van der Waals surface area contributed by atoms with Gasteiger partial charge in [0.1, 0.15) is 11.6 Å². The number of carbonyl (C=O) groups is 2. The summed E-state index contributed by atoms with van der Waals surface area (Å²) in [6, 6.07) is 3.28. The van der Waals surface area contributed by atoms with Crippen LogP contribution in [-0.2, 0) is 9.59 Å². The van der Waals surface area contributed by atoms with E-state index in [-0.39, 0.29) is 28.4 Å². The van der Waals surface area contributed by atoms with Gasteiger partial charge in [0.25, 0.3) is 0 Å². The first-order chi connectivity index (χ1) is 9.97. The maximum absolute atomic E-state index is 13.4. The van der Waals surface area contributed by atoms with Gasteiger partial charge >= 0.3 is 0 Å². The van der Waals surface area contributed by atoms with E-state index in [0.29, 0.717) is 25.9 Å². The second kappa shape index (κ2) is 6.89. The van der Waals surface area contributed by atoms with Gasteiger partial charge in [-0.05, 0) is 25.0 Å². The van der Waals surface area contributed by atoms with Crippen molar-refractivity contribution in [3.63, 3.8) is 0 Å². The second-order valence-corrected chi connectivity index (χ2v) is 5.94. The molecule has 0 aromatic heterocycles. The summed E-state index contributed by atoms with van der Waals surface area (Å²) in [5.41, 5.74) is 5.23. The third-order valence-electron chi connectivity index (χ3n) is 3.50. The van der Waals surface area contributed by atoms with E-state index in [2.05, 4.69) is 0 Å². The standard InChI is InChI=1S/C14H16F2N2O2S/c15-10-1-2-12(11(16)7-10)21-8-13(19)18-5-3-9(4-6-18)14(17)20/h1-2,7,9H,3-6,8H2,(H2,17,20). The number of nitrogens with two attached hydrogens (primary N) is 1. The number of thioether (sulfide) groups is 1. The summed E-state index contributed by atoms with van der Waals surface area (Å²) in [6.07, 6.45) is 1.13. The lowest BCUT2D eigenvalue weighted by Crippen LogP contribution is -2.42. The van der Waals surface area contributed by atoms with Gasteiger partial charge in [-0.2, -0.15) is 0 Å². The minimum Gasteiger partial charge on any atom is -0.369 e. The Bertz CT molecular complexity index is 546. The molecule has 0 saturated carbocycles. The average molecular weight is 314 g/mol. The Kier molecular flexibility index (Phi) is 5.17. The number of likely N-dealkylation sites (tertiary alicyclic amines) is 1. The Morgan fingerprint density at radius 2 is 1.95 bits per heavy atom. The number of carbonyl (C=O) groups excluding carboxylic acids is 2. The monoisotopic (exact) mass is 314 g/mol. The Morgan fingerprint density at radius 1 is 1.29 bits per heavy atom. The summed E-state index contributed by atoms with van der Waals surface area (Å²) in [4.78, 5) is 25.0. The lowest BCUT2D eigenvalue weighted by Gasteiger charge is -2.30. The van der Waals surface area contributed by atoms with Gasteiger partial charge in [0.15, 0.2) is 0 Å². The predicted molar refractivity (Wildman–Crippen MR) is 75.6 cm³/mol. The lowest BCUT2D eigenvalue weighted by molar-refractivity contribution is -0.132. The van der Waals surface area contributed by atoms with Crippen LogP contribution in [0.5, 0.6) is 0 Å². The van der Waals surface area contributed by atoms with Crippen LogP contribution in [0.4, 0.5) is 8.78 Å². The SMILES string of the molecule is NC(=O)C1CCN(C(=O)CSc2ccc(F)cc2F)CC1. The number of benzene rings is 1. The topological polar surface area (TPSA) is 63.4 Å². The molecular weight excluding hydrogens is 298 g/mol. The summed E-state index contributed by atoms with van der Waals surface area (Å²) in [5.74, 6) is -1.84. The number of amides is 2. The molecule has 1 fully saturated rings. The van der Waals surface area contributed by atoms with E-state index in [1.807, 2.05) is 0 Å². The molecule has 21 heavy (non-hydrogen) atoms. The van der Waals surface area contributed by atoms with Crippen molar-refractivity contribution < 1.29 is 18.4 Å². The summed E-state index contributed by atoms with van der Waals surface area (Å²) in [6.45, 7) is 0.970. The van der Waals surface area contributed by atoms with Crippen molar-refractivity contribution in [2.24, 2.45) is 11.7 Å². The maximum Gasteiger partial charge on any atom is 0.232 e. The molecule has 0 aliphatic carbocycles. The molecule has 0 atom stereocenters. The van der Waals surface area contributed by atoms with Crippen LogP contribution in [0.1, 0.15) is 12.8 Å². The molecule has 1 aromatic carbocycles. The zero-order valence-electron chi connectivity index (χ0n) is 11.4. The molecular formula is C14H16F2N2O2S. The summed E-state index contributed by atoms with van der Waals surface area (Å²) >= 11 is 1.04. The van der Waals surface area contributed by atoms with Crippen LogP contribution in [-0.4, -0.2) is 35.6 Å². The molecule has 1 saturated heterocycles. The molecule has 0 spiro atoms. The zero-order valence-corrected chi connectivity index (χ0v) is 12.2. The first-order valence-corrected chi connectivity index (χ1v) is 7.61. The molecule has 1 aromatic rings. The molecule has 2 N–H and O–H groups in total. The van der Waals surface area contributed by atoms with Crippen molar-refractivity contribution in [3.05, 3.63) is 29.8 Å². The van der Waals surface area contributed by atoms with Crippen molar-refractivity contribution in [3.8, 4) is 0 Å². The van der Waals surface area contributed by atoms with Crippen molar-refractivity contribution >= 4 is 23.6 Å². The smallest absolute Gasteiger partial charge is 0.232 e. The van der Waals surface area contributed by atoms with Crippen molar-refractivity contribution in [1.29, 1.82) is 0 Å². The molecule has 1 heterocycles. The van der Waals surface area contributed by atoms with Crippen molar-refractivity contribution in [2.75, 3.05) is 18.8 Å². The number of hydrogen-bond acceptors (Lipinski definition) is 3. The van der Waals surface area contributed by atoms with Gasteiger partial charge in [-0.15, -0.1) is 11.8 Å². The Morgan fingerprint density at radius 3 is 2.52 bits per heavy atom. The highest BCUT2D eigenvalue weighted by Crippen LogP contribution is 2.24. The fourth-order valence-corrected chi connectivity index (χ4v) is 3.06. The molecule has 2 rings (SSSR count). The van der Waals surface area contributed by atoms with E-state index in [9.17, 15) is 18.4 Å². The Labute approximate surface area is 125 Å². The van der Waals surface area contributed by atoms with E-state index in [1.165, 1.54) is 6.07 Å². The molecule has 4 nitrogen and oxygen atoms in total. The molecule has 0 radical (unpaired) electrons.